The van der Waals surface area contributed by atoms with Crippen LogP contribution in [0, 0.1) is 5.82 Å². The Balaban J connectivity index is 1.56. The van der Waals surface area contributed by atoms with Crippen LogP contribution in [0.3, 0.4) is 0 Å². The first kappa shape index (κ1) is 22.0. The van der Waals surface area contributed by atoms with Gasteiger partial charge in [-0.15, -0.1) is 0 Å². The fourth-order valence-corrected chi connectivity index (χ4v) is 4.54. The van der Waals surface area contributed by atoms with Crippen LogP contribution in [0.25, 0.3) is 11.3 Å². The van der Waals surface area contributed by atoms with Gasteiger partial charge in [0.2, 0.25) is 0 Å². The zero-order chi connectivity index (χ0) is 23.8. The van der Waals surface area contributed by atoms with Crippen molar-refractivity contribution < 1.29 is 19.0 Å². The number of H-pyrrole nitrogens is 1. The number of amides is 1. The van der Waals surface area contributed by atoms with E-state index >= 15 is 0 Å². The van der Waals surface area contributed by atoms with Crippen molar-refractivity contribution in [3.63, 3.8) is 0 Å². The minimum atomic E-state index is -0.506. The predicted molar refractivity (Wildman–Crippen MR) is 127 cm³/mol. The highest BCUT2D eigenvalue weighted by molar-refractivity contribution is 6.31. The van der Waals surface area contributed by atoms with Crippen molar-refractivity contribution in [2.75, 3.05) is 13.7 Å². The topological polar surface area (TPSA) is 78.5 Å². The number of aromatic nitrogens is 2. The Hall–Kier alpha value is -3.84. The number of phenolic OH excluding ortho intramolecular Hbond substituents is 1. The summed E-state index contributed by atoms with van der Waals surface area (Å²) >= 11 is 6.17. The molecule has 6 nitrogen and oxygen atoms in total. The molecule has 5 rings (SSSR count). The molecule has 0 saturated carbocycles. The van der Waals surface area contributed by atoms with E-state index in [9.17, 15) is 14.3 Å². The van der Waals surface area contributed by atoms with Crippen molar-refractivity contribution in [2.24, 2.45) is 0 Å². The van der Waals surface area contributed by atoms with Crippen LogP contribution < -0.4 is 4.74 Å². The Labute approximate surface area is 200 Å². The third kappa shape index (κ3) is 3.88. The highest BCUT2D eigenvalue weighted by Gasteiger charge is 2.42. The highest BCUT2D eigenvalue weighted by Crippen LogP contribution is 2.45. The van der Waals surface area contributed by atoms with E-state index in [0.29, 0.717) is 40.5 Å². The number of halogens is 2. The smallest absolute Gasteiger partial charge is 0.273 e. The molecule has 4 aromatic rings. The van der Waals surface area contributed by atoms with Crippen LogP contribution in [-0.2, 0) is 6.42 Å². The third-order valence-electron chi connectivity index (χ3n) is 6.06. The molecule has 1 aliphatic heterocycles. The summed E-state index contributed by atoms with van der Waals surface area (Å²) in [6.45, 7) is 0.427. The van der Waals surface area contributed by atoms with E-state index < -0.39 is 6.04 Å². The molecule has 3 aromatic carbocycles. The number of phenols is 1. The summed E-state index contributed by atoms with van der Waals surface area (Å²) in [5, 5.41) is 18.1. The predicted octanol–water partition coefficient (Wildman–Crippen LogP) is 5.37. The Kier molecular flexibility index (Phi) is 5.71. The Morgan fingerprint density at radius 1 is 1.12 bits per heavy atom. The summed E-state index contributed by atoms with van der Waals surface area (Å²) in [7, 11) is 1.61. The number of hydrogen-bond acceptors (Lipinski definition) is 4. The third-order valence-corrected chi connectivity index (χ3v) is 6.30. The lowest BCUT2D eigenvalue weighted by Crippen LogP contribution is -2.31. The summed E-state index contributed by atoms with van der Waals surface area (Å²) in [5.41, 5.74) is 3.62. The minimum absolute atomic E-state index is 0.000637. The van der Waals surface area contributed by atoms with Gasteiger partial charge in [0.25, 0.3) is 5.91 Å². The summed E-state index contributed by atoms with van der Waals surface area (Å²) in [6.07, 6.45) is 0.614. The number of nitrogens with one attached hydrogen (secondary N) is 1. The van der Waals surface area contributed by atoms with Gasteiger partial charge in [0.1, 0.15) is 28.7 Å². The molecule has 2 heterocycles. The van der Waals surface area contributed by atoms with Gasteiger partial charge < -0.3 is 14.7 Å². The van der Waals surface area contributed by atoms with Crippen molar-refractivity contribution in [3.8, 4) is 22.8 Å². The van der Waals surface area contributed by atoms with Gasteiger partial charge in [-0.3, -0.25) is 9.89 Å². The number of carbonyl (C=O) groups is 1. The number of methoxy groups -OCH3 is 1. The standard InChI is InChI=1S/C26H21ClFN3O3/c1-34-19-9-2-15(3-10-19)12-13-31-25(16-4-7-18(28)8-5-16)22-23(29-30-24(22)26(31)33)20-14-17(27)6-11-21(20)32/h2-11,14,25,32H,12-13H2,1H3,(H,29,30). The fraction of sp³-hybridized carbons (Fsp3) is 0.154. The first-order valence-corrected chi connectivity index (χ1v) is 11.1. The van der Waals surface area contributed by atoms with E-state index in [0.717, 1.165) is 16.9 Å². The van der Waals surface area contributed by atoms with Crippen molar-refractivity contribution in [1.29, 1.82) is 0 Å². The highest BCUT2D eigenvalue weighted by atomic mass is 35.5. The maximum Gasteiger partial charge on any atom is 0.273 e. The van der Waals surface area contributed by atoms with Gasteiger partial charge in [0, 0.05) is 22.7 Å². The van der Waals surface area contributed by atoms with Crippen LogP contribution in [0.2, 0.25) is 5.02 Å². The van der Waals surface area contributed by atoms with E-state index in [1.807, 2.05) is 24.3 Å². The van der Waals surface area contributed by atoms with Gasteiger partial charge in [-0.2, -0.15) is 5.10 Å². The second-order valence-corrected chi connectivity index (χ2v) is 8.51. The molecular formula is C26H21ClFN3O3. The Bertz CT molecular complexity index is 1350. The van der Waals surface area contributed by atoms with Crippen molar-refractivity contribution >= 4 is 17.5 Å². The number of ether oxygens (including phenoxy) is 1. The second kappa shape index (κ2) is 8.83. The maximum absolute atomic E-state index is 13.7. The molecule has 0 saturated heterocycles. The SMILES string of the molecule is COc1ccc(CCN2C(=O)c3[nH]nc(-c4cc(Cl)ccc4O)c3C2c2ccc(F)cc2)cc1. The molecule has 8 heteroatoms. The molecule has 1 aromatic heterocycles. The lowest BCUT2D eigenvalue weighted by molar-refractivity contribution is 0.0746. The molecule has 0 bridgehead atoms. The Morgan fingerprint density at radius 3 is 2.56 bits per heavy atom. The monoisotopic (exact) mass is 477 g/mol. The van der Waals surface area contributed by atoms with Gasteiger partial charge >= 0.3 is 0 Å². The molecule has 0 aliphatic carbocycles. The molecule has 0 fully saturated rings. The molecule has 0 spiro atoms. The van der Waals surface area contributed by atoms with E-state index in [1.54, 1.807) is 36.3 Å². The summed E-state index contributed by atoms with van der Waals surface area (Å²) < 4.78 is 18.9. The Morgan fingerprint density at radius 2 is 1.85 bits per heavy atom. The van der Waals surface area contributed by atoms with Crippen LogP contribution in [0.15, 0.2) is 66.7 Å². The molecule has 2 N–H and O–H groups in total. The summed E-state index contributed by atoms with van der Waals surface area (Å²) in [6, 6.07) is 17.9. The van der Waals surface area contributed by atoms with Crippen LogP contribution in [0.1, 0.15) is 33.2 Å². The molecule has 172 valence electrons. The lowest BCUT2D eigenvalue weighted by atomic mass is 9.95. The maximum atomic E-state index is 13.7. The number of rotatable bonds is 6. The number of aromatic amines is 1. The number of hydrogen-bond donors (Lipinski definition) is 2. The average Bonchev–Trinajstić information content (AvgIpc) is 3.39. The summed E-state index contributed by atoms with van der Waals surface area (Å²) in [5.74, 6) is 0.189. The first-order valence-electron chi connectivity index (χ1n) is 10.7. The molecule has 1 atom stereocenters. The first-order chi connectivity index (χ1) is 16.5. The van der Waals surface area contributed by atoms with E-state index in [2.05, 4.69) is 10.2 Å². The van der Waals surface area contributed by atoms with Crippen LogP contribution in [-0.4, -0.2) is 39.8 Å². The molecule has 1 aliphatic rings. The van der Waals surface area contributed by atoms with E-state index in [4.69, 9.17) is 16.3 Å². The number of nitrogens with zero attached hydrogens (tertiary/aromatic N) is 2. The van der Waals surface area contributed by atoms with Crippen molar-refractivity contribution in [1.82, 2.24) is 15.1 Å². The number of carbonyl (C=O) groups excluding carboxylic acids is 1. The number of aromatic hydroxyl groups is 1. The fourth-order valence-electron chi connectivity index (χ4n) is 4.36. The van der Waals surface area contributed by atoms with E-state index in [1.165, 1.54) is 18.2 Å². The normalized spacial score (nSPS) is 15.0. The number of benzene rings is 3. The molecule has 0 radical (unpaired) electrons. The van der Waals surface area contributed by atoms with Gasteiger partial charge in [-0.05, 0) is 60.0 Å². The van der Waals surface area contributed by atoms with Gasteiger partial charge in [-0.1, -0.05) is 35.9 Å². The quantitative estimate of drug-likeness (QED) is 0.391. The van der Waals surface area contributed by atoms with Crippen LogP contribution >= 0.6 is 11.6 Å². The largest absolute Gasteiger partial charge is 0.507 e. The van der Waals surface area contributed by atoms with E-state index in [-0.39, 0.29) is 17.5 Å². The second-order valence-electron chi connectivity index (χ2n) is 8.07. The van der Waals surface area contributed by atoms with Crippen LogP contribution in [0.4, 0.5) is 4.39 Å². The average molecular weight is 478 g/mol. The molecular weight excluding hydrogens is 457 g/mol. The number of fused-ring (bicyclic) bond motifs is 1. The minimum Gasteiger partial charge on any atom is -0.507 e. The van der Waals surface area contributed by atoms with Crippen molar-refractivity contribution in [2.45, 2.75) is 12.5 Å². The zero-order valence-corrected chi connectivity index (χ0v) is 19.0. The van der Waals surface area contributed by atoms with Crippen LogP contribution in [0.5, 0.6) is 11.5 Å². The van der Waals surface area contributed by atoms with Gasteiger partial charge in [0.05, 0.1) is 13.2 Å². The zero-order valence-electron chi connectivity index (χ0n) is 18.3. The molecule has 1 unspecified atom stereocenters. The van der Waals surface area contributed by atoms with Crippen molar-refractivity contribution in [3.05, 3.63) is 100.0 Å². The lowest BCUT2D eigenvalue weighted by Gasteiger charge is -2.26. The van der Waals surface area contributed by atoms with Gasteiger partial charge in [0.15, 0.2) is 0 Å². The summed E-state index contributed by atoms with van der Waals surface area (Å²) in [4.78, 5) is 15.2. The molecule has 34 heavy (non-hydrogen) atoms. The molecule has 1 amide bonds. The van der Waals surface area contributed by atoms with Gasteiger partial charge in [-0.25, -0.2) is 4.39 Å².